The van der Waals surface area contributed by atoms with Gasteiger partial charge in [0.1, 0.15) is 0 Å². The van der Waals surface area contributed by atoms with Crippen molar-refractivity contribution in [1.29, 1.82) is 0 Å². The molecular formula is C17H15FN6O2. The Kier molecular flexibility index (Phi) is 4.36. The number of anilines is 1. The van der Waals surface area contributed by atoms with Gasteiger partial charge in [-0.2, -0.15) is 10.1 Å². The third-order valence-electron chi connectivity index (χ3n) is 3.94. The quantitative estimate of drug-likeness (QED) is 0.695. The maximum atomic E-state index is 14.2. The Bertz CT molecular complexity index is 972. The lowest BCUT2D eigenvalue weighted by Crippen LogP contribution is -2.37. The molecule has 1 saturated heterocycles. The summed E-state index contributed by atoms with van der Waals surface area (Å²) in [5.74, 6) is -0.148. The van der Waals surface area contributed by atoms with E-state index in [1.54, 1.807) is 29.3 Å². The molecule has 0 N–H and O–H groups in total. The molecule has 0 atom stereocenters. The van der Waals surface area contributed by atoms with E-state index in [-0.39, 0.29) is 22.9 Å². The molecule has 0 unspecified atom stereocenters. The standard InChI is InChI=1S/C17H15FN6O2/c18-12-11-20-17(21-16(12)23-7-9-26-10-8-23)24-6-4-14(25)15(22-24)13-3-1-2-5-19-13/h1-6,11H,7-10H2. The third kappa shape index (κ3) is 3.16. The van der Waals surface area contributed by atoms with E-state index in [0.717, 1.165) is 6.20 Å². The summed E-state index contributed by atoms with van der Waals surface area (Å²) < 4.78 is 20.8. The summed E-state index contributed by atoms with van der Waals surface area (Å²) in [5, 5.41) is 4.28. The lowest BCUT2D eigenvalue weighted by Gasteiger charge is -2.28. The number of ether oxygens (including phenoxy) is 1. The summed E-state index contributed by atoms with van der Waals surface area (Å²) in [6.45, 7) is 2.12. The highest BCUT2D eigenvalue weighted by Crippen LogP contribution is 2.18. The summed E-state index contributed by atoms with van der Waals surface area (Å²) in [4.78, 5) is 26.4. The maximum absolute atomic E-state index is 14.2. The number of hydrogen-bond donors (Lipinski definition) is 0. The smallest absolute Gasteiger partial charge is 0.252 e. The highest BCUT2D eigenvalue weighted by atomic mass is 19.1. The molecule has 9 heteroatoms. The van der Waals surface area contributed by atoms with Crippen LogP contribution in [0.2, 0.25) is 0 Å². The summed E-state index contributed by atoms with van der Waals surface area (Å²) in [7, 11) is 0. The maximum Gasteiger partial charge on any atom is 0.252 e. The molecule has 26 heavy (non-hydrogen) atoms. The molecular weight excluding hydrogens is 339 g/mol. The lowest BCUT2D eigenvalue weighted by molar-refractivity contribution is 0.122. The van der Waals surface area contributed by atoms with Gasteiger partial charge in [-0.3, -0.25) is 9.78 Å². The highest BCUT2D eigenvalue weighted by Gasteiger charge is 2.19. The van der Waals surface area contributed by atoms with Gasteiger partial charge in [0.2, 0.25) is 5.43 Å². The SMILES string of the molecule is O=c1ccn(-c2ncc(F)c(N3CCOCC3)n2)nc1-c1ccccn1. The zero-order valence-corrected chi connectivity index (χ0v) is 13.7. The molecule has 0 aliphatic carbocycles. The largest absolute Gasteiger partial charge is 0.378 e. The van der Waals surface area contributed by atoms with E-state index >= 15 is 0 Å². The predicted octanol–water partition coefficient (Wildman–Crippen LogP) is 1.06. The van der Waals surface area contributed by atoms with Crippen molar-refractivity contribution in [2.45, 2.75) is 0 Å². The monoisotopic (exact) mass is 354 g/mol. The Balaban J connectivity index is 1.75. The summed E-state index contributed by atoms with van der Waals surface area (Å²) in [6.07, 6.45) is 4.14. The number of morpholine rings is 1. The molecule has 0 saturated carbocycles. The van der Waals surface area contributed by atoms with Crippen LogP contribution in [0.3, 0.4) is 0 Å². The minimum Gasteiger partial charge on any atom is -0.378 e. The average Bonchev–Trinajstić information content (AvgIpc) is 2.70. The first-order chi connectivity index (χ1) is 12.7. The third-order valence-corrected chi connectivity index (χ3v) is 3.94. The molecule has 8 nitrogen and oxygen atoms in total. The van der Waals surface area contributed by atoms with Crippen LogP contribution in [0.5, 0.6) is 0 Å². The van der Waals surface area contributed by atoms with E-state index in [2.05, 4.69) is 20.1 Å². The zero-order valence-electron chi connectivity index (χ0n) is 13.7. The van der Waals surface area contributed by atoms with Crippen LogP contribution in [-0.4, -0.2) is 51.0 Å². The molecule has 1 fully saturated rings. The number of pyridine rings is 1. The van der Waals surface area contributed by atoms with Crippen molar-refractivity contribution in [3.63, 3.8) is 0 Å². The van der Waals surface area contributed by atoms with Crippen molar-refractivity contribution in [3.8, 4) is 17.3 Å². The number of rotatable bonds is 3. The van der Waals surface area contributed by atoms with Crippen LogP contribution in [0, 0.1) is 5.82 Å². The van der Waals surface area contributed by atoms with Crippen LogP contribution in [0.4, 0.5) is 10.2 Å². The first kappa shape index (κ1) is 16.3. The van der Waals surface area contributed by atoms with Gasteiger partial charge in [0.15, 0.2) is 17.3 Å². The van der Waals surface area contributed by atoms with Crippen molar-refractivity contribution in [2.24, 2.45) is 0 Å². The van der Waals surface area contributed by atoms with E-state index in [0.29, 0.717) is 32.0 Å². The Labute approximate surface area is 147 Å². The van der Waals surface area contributed by atoms with Gasteiger partial charge in [-0.05, 0) is 12.1 Å². The molecule has 1 aliphatic rings. The van der Waals surface area contributed by atoms with Gasteiger partial charge in [0, 0.05) is 31.5 Å². The summed E-state index contributed by atoms with van der Waals surface area (Å²) in [6, 6.07) is 6.57. The normalized spacial score (nSPS) is 14.4. The van der Waals surface area contributed by atoms with Crippen LogP contribution in [-0.2, 0) is 4.74 Å². The van der Waals surface area contributed by atoms with E-state index in [4.69, 9.17) is 4.74 Å². The zero-order chi connectivity index (χ0) is 17.9. The Morgan fingerprint density at radius 3 is 2.73 bits per heavy atom. The number of aromatic nitrogens is 5. The second-order valence-corrected chi connectivity index (χ2v) is 5.63. The fourth-order valence-electron chi connectivity index (χ4n) is 2.66. The summed E-state index contributed by atoms with van der Waals surface area (Å²) in [5.41, 5.74) is 0.353. The number of hydrogen-bond acceptors (Lipinski definition) is 7. The first-order valence-electron chi connectivity index (χ1n) is 8.09. The van der Waals surface area contributed by atoms with Gasteiger partial charge in [0.25, 0.3) is 5.95 Å². The number of nitrogens with zero attached hydrogens (tertiary/aromatic N) is 6. The van der Waals surface area contributed by atoms with Crippen molar-refractivity contribution >= 4 is 5.82 Å². The fourth-order valence-corrected chi connectivity index (χ4v) is 2.66. The van der Waals surface area contributed by atoms with Crippen LogP contribution in [0.1, 0.15) is 0 Å². The Morgan fingerprint density at radius 1 is 1.12 bits per heavy atom. The van der Waals surface area contributed by atoms with Gasteiger partial charge in [-0.15, -0.1) is 0 Å². The summed E-state index contributed by atoms with van der Waals surface area (Å²) >= 11 is 0. The lowest BCUT2D eigenvalue weighted by atomic mass is 10.2. The molecule has 132 valence electrons. The molecule has 0 bridgehead atoms. The van der Waals surface area contributed by atoms with E-state index < -0.39 is 5.82 Å². The van der Waals surface area contributed by atoms with Crippen LogP contribution in [0.25, 0.3) is 17.3 Å². The van der Waals surface area contributed by atoms with E-state index in [1.165, 1.54) is 16.9 Å². The molecule has 1 aliphatic heterocycles. The van der Waals surface area contributed by atoms with Gasteiger partial charge in [0.05, 0.1) is 25.1 Å². The van der Waals surface area contributed by atoms with Gasteiger partial charge in [-0.25, -0.2) is 14.1 Å². The molecule has 4 heterocycles. The van der Waals surface area contributed by atoms with Crippen LogP contribution < -0.4 is 10.3 Å². The Morgan fingerprint density at radius 2 is 1.96 bits per heavy atom. The Hall–Kier alpha value is -3.20. The minimum absolute atomic E-state index is 0.171. The highest BCUT2D eigenvalue weighted by molar-refractivity contribution is 5.52. The van der Waals surface area contributed by atoms with Gasteiger partial charge in [-0.1, -0.05) is 6.07 Å². The molecule has 0 spiro atoms. The van der Waals surface area contributed by atoms with Crippen LogP contribution >= 0.6 is 0 Å². The van der Waals surface area contributed by atoms with E-state index in [9.17, 15) is 9.18 Å². The second kappa shape index (κ2) is 6.96. The van der Waals surface area contributed by atoms with Gasteiger partial charge < -0.3 is 9.64 Å². The molecule has 4 rings (SSSR count). The van der Waals surface area contributed by atoms with Gasteiger partial charge >= 0.3 is 0 Å². The molecule has 0 amide bonds. The first-order valence-corrected chi connectivity index (χ1v) is 8.09. The molecule has 3 aromatic heterocycles. The minimum atomic E-state index is -0.512. The average molecular weight is 354 g/mol. The number of halogens is 1. The van der Waals surface area contributed by atoms with Crippen molar-refractivity contribution in [3.05, 3.63) is 58.9 Å². The van der Waals surface area contributed by atoms with Crippen molar-refractivity contribution in [1.82, 2.24) is 24.7 Å². The predicted molar refractivity (Wildman–Crippen MR) is 91.6 cm³/mol. The fraction of sp³-hybridized carbons (Fsp3) is 0.235. The van der Waals surface area contributed by atoms with Crippen molar-refractivity contribution in [2.75, 3.05) is 31.2 Å². The topological polar surface area (TPSA) is 86.0 Å². The van der Waals surface area contributed by atoms with E-state index in [1.807, 2.05) is 0 Å². The molecule has 0 radical (unpaired) electrons. The second-order valence-electron chi connectivity index (χ2n) is 5.63. The molecule has 0 aromatic carbocycles. The van der Waals surface area contributed by atoms with Crippen molar-refractivity contribution < 1.29 is 9.13 Å². The molecule has 3 aromatic rings. The van der Waals surface area contributed by atoms with Crippen LogP contribution in [0.15, 0.2) is 47.7 Å².